The minimum absolute atomic E-state index is 0.0306. The number of para-hydroxylation sites is 1. The van der Waals surface area contributed by atoms with Crippen molar-refractivity contribution in [3.8, 4) is 0 Å². The van der Waals surface area contributed by atoms with Gasteiger partial charge in [-0.1, -0.05) is 29.3 Å². The first kappa shape index (κ1) is 13.7. The van der Waals surface area contributed by atoms with Crippen LogP contribution in [0.4, 0.5) is 5.69 Å². The maximum absolute atomic E-state index is 11.8. The third-order valence-electron chi connectivity index (χ3n) is 3.17. The van der Waals surface area contributed by atoms with Crippen LogP contribution in [0, 0.1) is 5.92 Å². The summed E-state index contributed by atoms with van der Waals surface area (Å²) in [5.41, 5.74) is 0.510. The molecular formula is C13H16Cl2N2O. The Kier molecular flexibility index (Phi) is 4.87. The Morgan fingerprint density at radius 1 is 1.39 bits per heavy atom. The Morgan fingerprint density at radius 3 is 2.72 bits per heavy atom. The van der Waals surface area contributed by atoms with Crippen LogP contribution in [0.15, 0.2) is 18.2 Å². The summed E-state index contributed by atoms with van der Waals surface area (Å²) in [5.74, 6) is 0.578. The molecule has 5 heteroatoms. The van der Waals surface area contributed by atoms with Crippen molar-refractivity contribution in [3.05, 3.63) is 28.2 Å². The first-order chi connectivity index (χ1) is 8.66. The van der Waals surface area contributed by atoms with Gasteiger partial charge in [-0.05, 0) is 44.0 Å². The smallest absolute Gasteiger partial charge is 0.224 e. The number of rotatable bonds is 4. The minimum Gasteiger partial charge on any atom is -0.324 e. The lowest BCUT2D eigenvalue weighted by Gasteiger charge is -2.10. The first-order valence-electron chi connectivity index (χ1n) is 6.11. The molecule has 1 atom stereocenters. The number of carbonyl (C=O) groups excluding carboxylic acids is 1. The fourth-order valence-electron chi connectivity index (χ4n) is 2.12. The van der Waals surface area contributed by atoms with Crippen molar-refractivity contribution >= 4 is 34.8 Å². The van der Waals surface area contributed by atoms with Gasteiger partial charge in [-0.3, -0.25) is 4.79 Å². The van der Waals surface area contributed by atoms with Crippen LogP contribution in [0.1, 0.15) is 19.3 Å². The van der Waals surface area contributed by atoms with Crippen LogP contribution in [0.2, 0.25) is 10.0 Å². The van der Waals surface area contributed by atoms with Gasteiger partial charge in [-0.2, -0.15) is 0 Å². The average Bonchev–Trinajstić information content (AvgIpc) is 2.84. The van der Waals surface area contributed by atoms with E-state index >= 15 is 0 Å². The van der Waals surface area contributed by atoms with E-state index in [0.717, 1.165) is 25.9 Å². The molecule has 2 rings (SSSR count). The van der Waals surface area contributed by atoms with Gasteiger partial charge in [0.1, 0.15) is 0 Å². The molecule has 1 unspecified atom stereocenters. The maximum atomic E-state index is 11.8. The van der Waals surface area contributed by atoms with Crippen molar-refractivity contribution in [2.75, 3.05) is 18.4 Å². The summed E-state index contributed by atoms with van der Waals surface area (Å²) < 4.78 is 0. The highest BCUT2D eigenvalue weighted by molar-refractivity contribution is 6.39. The Hall–Kier alpha value is -0.770. The second kappa shape index (κ2) is 6.41. The summed E-state index contributed by atoms with van der Waals surface area (Å²) in [6.07, 6.45) is 2.56. The summed E-state index contributed by atoms with van der Waals surface area (Å²) in [7, 11) is 0. The standard InChI is InChI=1S/C13H16Cl2N2O/c14-10-2-1-3-11(15)13(10)17-12(18)5-4-9-6-7-16-8-9/h1-3,9,16H,4-8H2,(H,17,18). The number of hydrogen-bond acceptors (Lipinski definition) is 2. The van der Waals surface area contributed by atoms with Crippen LogP contribution in [-0.2, 0) is 4.79 Å². The van der Waals surface area contributed by atoms with E-state index in [-0.39, 0.29) is 5.91 Å². The Bertz CT molecular complexity index is 411. The summed E-state index contributed by atoms with van der Waals surface area (Å²) in [6, 6.07) is 5.18. The molecular weight excluding hydrogens is 271 g/mol. The number of benzene rings is 1. The fourth-order valence-corrected chi connectivity index (χ4v) is 2.61. The predicted molar refractivity (Wildman–Crippen MR) is 75.3 cm³/mol. The van der Waals surface area contributed by atoms with Crippen LogP contribution in [0.3, 0.4) is 0 Å². The molecule has 0 radical (unpaired) electrons. The van der Waals surface area contributed by atoms with E-state index in [9.17, 15) is 4.79 Å². The van der Waals surface area contributed by atoms with Crippen LogP contribution in [0.5, 0.6) is 0 Å². The lowest BCUT2D eigenvalue weighted by molar-refractivity contribution is -0.116. The van der Waals surface area contributed by atoms with Gasteiger partial charge in [0.05, 0.1) is 15.7 Å². The Morgan fingerprint density at radius 2 is 2.11 bits per heavy atom. The van der Waals surface area contributed by atoms with Crippen molar-refractivity contribution < 1.29 is 4.79 Å². The predicted octanol–water partition coefficient (Wildman–Crippen LogP) is 3.32. The molecule has 1 amide bonds. The van der Waals surface area contributed by atoms with E-state index < -0.39 is 0 Å². The second-order valence-corrected chi connectivity index (χ2v) is 5.36. The van der Waals surface area contributed by atoms with E-state index in [1.807, 2.05) is 0 Å². The number of nitrogens with one attached hydrogen (secondary N) is 2. The van der Waals surface area contributed by atoms with Crippen molar-refractivity contribution in [2.45, 2.75) is 19.3 Å². The maximum Gasteiger partial charge on any atom is 0.224 e. The molecule has 1 heterocycles. The molecule has 1 fully saturated rings. The van der Waals surface area contributed by atoms with Crippen LogP contribution < -0.4 is 10.6 Å². The summed E-state index contributed by atoms with van der Waals surface area (Å²) in [4.78, 5) is 11.8. The van der Waals surface area contributed by atoms with Crippen molar-refractivity contribution in [1.82, 2.24) is 5.32 Å². The van der Waals surface area contributed by atoms with Crippen LogP contribution in [-0.4, -0.2) is 19.0 Å². The van der Waals surface area contributed by atoms with E-state index in [2.05, 4.69) is 10.6 Å². The molecule has 0 bridgehead atoms. The molecule has 18 heavy (non-hydrogen) atoms. The highest BCUT2D eigenvalue weighted by Gasteiger charge is 2.16. The van der Waals surface area contributed by atoms with E-state index in [1.54, 1.807) is 18.2 Å². The van der Waals surface area contributed by atoms with Crippen LogP contribution >= 0.6 is 23.2 Å². The van der Waals surface area contributed by atoms with Gasteiger partial charge in [0.15, 0.2) is 0 Å². The largest absolute Gasteiger partial charge is 0.324 e. The first-order valence-corrected chi connectivity index (χ1v) is 6.87. The zero-order valence-corrected chi connectivity index (χ0v) is 11.5. The Labute approximate surface area is 117 Å². The molecule has 3 nitrogen and oxygen atoms in total. The van der Waals surface area contributed by atoms with Gasteiger partial charge in [-0.25, -0.2) is 0 Å². The lowest BCUT2D eigenvalue weighted by Crippen LogP contribution is -2.15. The number of amides is 1. The third-order valence-corrected chi connectivity index (χ3v) is 3.80. The number of anilines is 1. The molecule has 2 N–H and O–H groups in total. The van der Waals surface area contributed by atoms with Crippen molar-refractivity contribution in [2.24, 2.45) is 5.92 Å². The van der Waals surface area contributed by atoms with E-state index in [0.29, 0.717) is 28.1 Å². The highest BCUT2D eigenvalue weighted by Crippen LogP contribution is 2.30. The van der Waals surface area contributed by atoms with Crippen LogP contribution in [0.25, 0.3) is 0 Å². The quantitative estimate of drug-likeness (QED) is 0.892. The molecule has 98 valence electrons. The average molecular weight is 287 g/mol. The molecule has 1 aromatic carbocycles. The van der Waals surface area contributed by atoms with Gasteiger partial charge in [-0.15, -0.1) is 0 Å². The zero-order chi connectivity index (χ0) is 13.0. The number of halogens is 2. The number of carbonyl (C=O) groups is 1. The highest BCUT2D eigenvalue weighted by atomic mass is 35.5. The van der Waals surface area contributed by atoms with Gasteiger partial charge < -0.3 is 10.6 Å². The molecule has 0 spiro atoms. The van der Waals surface area contributed by atoms with Crippen molar-refractivity contribution in [3.63, 3.8) is 0 Å². The lowest BCUT2D eigenvalue weighted by atomic mass is 10.0. The molecule has 0 saturated carbocycles. The summed E-state index contributed by atoms with van der Waals surface area (Å²) >= 11 is 12.0. The molecule has 1 saturated heterocycles. The molecule has 1 aromatic rings. The molecule has 1 aliphatic heterocycles. The van der Waals surface area contributed by atoms with Gasteiger partial charge in [0.25, 0.3) is 0 Å². The van der Waals surface area contributed by atoms with Crippen molar-refractivity contribution in [1.29, 1.82) is 0 Å². The monoisotopic (exact) mass is 286 g/mol. The summed E-state index contributed by atoms with van der Waals surface area (Å²) in [5, 5.41) is 7.01. The zero-order valence-electron chi connectivity index (χ0n) is 10.0. The Balaban J connectivity index is 1.86. The van der Waals surface area contributed by atoms with Gasteiger partial charge >= 0.3 is 0 Å². The fraction of sp³-hybridized carbons (Fsp3) is 0.462. The van der Waals surface area contributed by atoms with Gasteiger partial charge in [0.2, 0.25) is 5.91 Å². The molecule has 1 aliphatic rings. The van der Waals surface area contributed by atoms with E-state index in [1.165, 1.54) is 0 Å². The number of hydrogen-bond donors (Lipinski definition) is 2. The normalized spacial score (nSPS) is 18.9. The summed E-state index contributed by atoms with van der Waals surface area (Å²) in [6.45, 7) is 2.07. The SMILES string of the molecule is O=C(CCC1CCNC1)Nc1c(Cl)cccc1Cl. The topological polar surface area (TPSA) is 41.1 Å². The van der Waals surface area contributed by atoms with Gasteiger partial charge in [0, 0.05) is 6.42 Å². The molecule has 0 aromatic heterocycles. The molecule has 0 aliphatic carbocycles. The van der Waals surface area contributed by atoms with E-state index in [4.69, 9.17) is 23.2 Å². The third kappa shape index (κ3) is 3.61. The minimum atomic E-state index is -0.0306. The second-order valence-electron chi connectivity index (χ2n) is 4.54.